The minimum absolute atomic E-state index is 0.0198. The van der Waals surface area contributed by atoms with E-state index in [1.807, 2.05) is 13.8 Å². The van der Waals surface area contributed by atoms with Crippen molar-refractivity contribution in [1.29, 1.82) is 0 Å². The Hall–Kier alpha value is -2.69. The van der Waals surface area contributed by atoms with Gasteiger partial charge in [-0.05, 0) is 69.8 Å². The van der Waals surface area contributed by atoms with E-state index >= 15 is 0 Å². The van der Waals surface area contributed by atoms with Crippen LogP contribution in [0.4, 0.5) is 0 Å². The third-order valence-electron chi connectivity index (χ3n) is 6.28. The predicted octanol–water partition coefficient (Wildman–Crippen LogP) is 2.57. The van der Waals surface area contributed by atoms with Crippen LogP contribution in [0, 0.1) is 0 Å². The van der Waals surface area contributed by atoms with E-state index in [4.69, 9.17) is 5.11 Å². The zero-order valence-electron chi connectivity index (χ0n) is 18.8. The van der Waals surface area contributed by atoms with Gasteiger partial charge in [0.05, 0.1) is 4.90 Å². The normalized spacial score (nSPS) is 17.0. The van der Waals surface area contributed by atoms with Crippen LogP contribution in [0.2, 0.25) is 0 Å². The number of aryl methyl sites for hydroxylation is 1. The van der Waals surface area contributed by atoms with Crippen LogP contribution in [0.5, 0.6) is 0 Å². The van der Waals surface area contributed by atoms with E-state index in [9.17, 15) is 18.0 Å². The molecule has 1 atom stereocenters. The molecule has 0 amide bonds. The van der Waals surface area contributed by atoms with Crippen molar-refractivity contribution in [1.82, 2.24) is 19.6 Å². The van der Waals surface area contributed by atoms with Crippen LogP contribution in [-0.4, -0.2) is 58.9 Å². The van der Waals surface area contributed by atoms with Crippen molar-refractivity contribution in [3.05, 3.63) is 40.3 Å². The molecule has 3 heterocycles. The van der Waals surface area contributed by atoms with Crippen molar-refractivity contribution in [2.24, 2.45) is 0 Å². The minimum Gasteiger partial charge on any atom is -0.481 e. The highest BCUT2D eigenvalue weighted by molar-refractivity contribution is 7.89. The molecule has 9 nitrogen and oxygen atoms in total. The summed E-state index contributed by atoms with van der Waals surface area (Å²) in [5.41, 5.74) is 1.40. The number of hydrogen-bond acceptors (Lipinski definition) is 5. The second-order valence-electron chi connectivity index (χ2n) is 8.93. The third-order valence-corrected chi connectivity index (χ3v) is 8.32. The molecule has 178 valence electrons. The van der Waals surface area contributed by atoms with Gasteiger partial charge in [0, 0.05) is 47.5 Å². The summed E-state index contributed by atoms with van der Waals surface area (Å²) in [6.07, 6.45) is 4.59. The number of sulfonamides is 1. The molecule has 1 fully saturated rings. The van der Waals surface area contributed by atoms with E-state index in [0.717, 1.165) is 24.9 Å². The van der Waals surface area contributed by atoms with Crippen molar-refractivity contribution >= 4 is 37.8 Å². The molecule has 2 aromatic heterocycles. The Morgan fingerprint density at radius 1 is 1.30 bits per heavy atom. The summed E-state index contributed by atoms with van der Waals surface area (Å²) in [5.74, 6) is -0.878. The summed E-state index contributed by atoms with van der Waals surface area (Å²) in [7, 11) is -3.77. The number of aliphatic carboxylic acids is 1. The number of hydrogen-bond donors (Lipinski definition) is 4. The second kappa shape index (κ2) is 9.28. The number of benzene rings is 1. The molecule has 1 aliphatic rings. The van der Waals surface area contributed by atoms with Crippen molar-refractivity contribution < 1.29 is 18.3 Å². The molecule has 0 spiro atoms. The zero-order chi connectivity index (χ0) is 23.8. The van der Waals surface area contributed by atoms with Gasteiger partial charge < -0.3 is 20.4 Å². The number of carboxylic acid groups (broad SMARTS) is 1. The molecule has 1 saturated heterocycles. The molecule has 1 aliphatic heterocycles. The van der Waals surface area contributed by atoms with Gasteiger partial charge in [0.1, 0.15) is 5.52 Å². The van der Waals surface area contributed by atoms with Gasteiger partial charge in [0.25, 0.3) is 5.56 Å². The molecule has 0 saturated carbocycles. The maximum Gasteiger partial charge on any atom is 0.303 e. The summed E-state index contributed by atoms with van der Waals surface area (Å²) >= 11 is 0. The van der Waals surface area contributed by atoms with Gasteiger partial charge in [0.15, 0.2) is 0 Å². The number of H-pyrrole nitrogens is 2. The molecular weight excluding hydrogens is 444 g/mol. The molecule has 10 heteroatoms. The highest BCUT2D eigenvalue weighted by atomic mass is 32.2. The number of nitrogens with zero attached hydrogens (tertiary/aromatic N) is 1. The first-order valence-corrected chi connectivity index (χ1v) is 12.8. The van der Waals surface area contributed by atoms with Gasteiger partial charge in [-0.3, -0.25) is 9.59 Å². The van der Waals surface area contributed by atoms with Gasteiger partial charge in [-0.15, -0.1) is 0 Å². The lowest BCUT2D eigenvalue weighted by Gasteiger charge is -2.28. The number of aromatic amines is 2. The molecule has 33 heavy (non-hydrogen) atoms. The number of aromatic nitrogens is 2. The van der Waals surface area contributed by atoms with E-state index in [1.165, 1.54) is 10.4 Å². The van der Waals surface area contributed by atoms with Gasteiger partial charge in [-0.1, -0.05) is 0 Å². The Morgan fingerprint density at radius 3 is 2.76 bits per heavy atom. The quantitative estimate of drug-likeness (QED) is 0.376. The van der Waals surface area contributed by atoms with Crippen LogP contribution in [0.15, 0.2) is 34.1 Å². The fraction of sp³-hybridized carbons (Fsp3) is 0.478. The van der Waals surface area contributed by atoms with Crippen molar-refractivity contribution in [2.45, 2.75) is 62.9 Å². The fourth-order valence-electron chi connectivity index (χ4n) is 4.61. The Balaban J connectivity index is 1.79. The maximum absolute atomic E-state index is 13.6. The first-order valence-electron chi connectivity index (χ1n) is 11.3. The lowest BCUT2D eigenvalue weighted by molar-refractivity contribution is -0.137. The second-order valence-corrected chi connectivity index (χ2v) is 10.8. The largest absolute Gasteiger partial charge is 0.481 e. The first kappa shape index (κ1) is 23.5. The van der Waals surface area contributed by atoms with Crippen LogP contribution >= 0.6 is 0 Å². The lowest BCUT2D eigenvalue weighted by Crippen LogP contribution is -2.44. The average Bonchev–Trinajstić information content (AvgIpc) is 3.42. The summed E-state index contributed by atoms with van der Waals surface area (Å²) in [6, 6.07) is 4.71. The Morgan fingerprint density at radius 2 is 2.09 bits per heavy atom. The summed E-state index contributed by atoms with van der Waals surface area (Å²) in [5, 5.41) is 13.6. The highest BCUT2D eigenvalue weighted by Crippen LogP contribution is 2.29. The number of pyridine rings is 1. The maximum atomic E-state index is 13.6. The van der Waals surface area contributed by atoms with Gasteiger partial charge in [-0.2, -0.15) is 4.31 Å². The number of carboxylic acids is 1. The SMILES string of the molecule is CC(C)N(CC1CCCN1)S(=O)(=O)c1ccc2[nH]c(=O)c3[nH]cc(CCCC(=O)O)c3c2c1. The Kier molecular flexibility index (Phi) is 6.60. The van der Waals surface area contributed by atoms with Crippen LogP contribution in [0.1, 0.15) is 45.1 Å². The Bertz CT molecular complexity index is 1340. The molecule has 0 bridgehead atoms. The van der Waals surface area contributed by atoms with E-state index in [2.05, 4.69) is 15.3 Å². The predicted molar refractivity (Wildman–Crippen MR) is 127 cm³/mol. The summed E-state index contributed by atoms with van der Waals surface area (Å²) in [6.45, 7) is 5.05. The fourth-order valence-corrected chi connectivity index (χ4v) is 6.32. The number of rotatable bonds is 9. The van der Waals surface area contributed by atoms with E-state index in [0.29, 0.717) is 41.2 Å². The molecular formula is C23H30N4O5S. The zero-order valence-corrected chi connectivity index (χ0v) is 19.7. The smallest absolute Gasteiger partial charge is 0.303 e. The minimum atomic E-state index is -3.77. The topological polar surface area (TPSA) is 135 Å². The van der Waals surface area contributed by atoms with E-state index in [1.54, 1.807) is 18.3 Å². The molecule has 4 rings (SSSR count). The summed E-state index contributed by atoms with van der Waals surface area (Å²) < 4.78 is 28.8. The van der Waals surface area contributed by atoms with E-state index in [-0.39, 0.29) is 29.0 Å². The molecule has 0 radical (unpaired) electrons. The number of carbonyl (C=O) groups is 1. The molecule has 1 unspecified atom stereocenters. The van der Waals surface area contributed by atoms with Crippen LogP contribution < -0.4 is 10.9 Å². The first-order chi connectivity index (χ1) is 15.7. The summed E-state index contributed by atoms with van der Waals surface area (Å²) in [4.78, 5) is 29.4. The molecule has 1 aromatic carbocycles. The average molecular weight is 475 g/mol. The van der Waals surface area contributed by atoms with Gasteiger partial charge in [-0.25, -0.2) is 8.42 Å². The number of fused-ring (bicyclic) bond motifs is 3. The monoisotopic (exact) mass is 474 g/mol. The molecule has 4 N–H and O–H groups in total. The van der Waals surface area contributed by atoms with Crippen LogP contribution in [0.25, 0.3) is 21.8 Å². The molecule has 3 aromatic rings. The van der Waals surface area contributed by atoms with Crippen LogP contribution in [0.3, 0.4) is 0 Å². The van der Waals surface area contributed by atoms with Crippen molar-refractivity contribution in [3.63, 3.8) is 0 Å². The third kappa shape index (κ3) is 4.68. The Labute approximate surface area is 192 Å². The lowest BCUT2D eigenvalue weighted by atomic mass is 10.0. The van der Waals surface area contributed by atoms with Crippen molar-refractivity contribution in [3.8, 4) is 0 Å². The van der Waals surface area contributed by atoms with E-state index < -0.39 is 16.0 Å². The van der Waals surface area contributed by atoms with Gasteiger partial charge in [0.2, 0.25) is 10.0 Å². The van der Waals surface area contributed by atoms with Gasteiger partial charge >= 0.3 is 5.97 Å². The van der Waals surface area contributed by atoms with Crippen molar-refractivity contribution in [2.75, 3.05) is 13.1 Å². The number of nitrogens with one attached hydrogen (secondary N) is 3. The van der Waals surface area contributed by atoms with Crippen LogP contribution in [-0.2, 0) is 21.2 Å². The standard InChI is InChI=1S/C23H30N4O5S/c1-14(2)27(13-16-6-4-10-24-16)33(31,32)17-8-9-19-18(11-17)21-15(5-3-7-20(28)29)12-25-22(21)23(30)26-19/h8-9,11-12,14,16,24-25H,3-7,10,13H2,1-2H3,(H,26,30)(H,28,29). The highest BCUT2D eigenvalue weighted by Gasteiger charge is 2.31. The molecule has 0 aliphatic carbocycles.